The predicted octanol–water partition coefficient (Wildman–Crippen LogP) is 1.49. The number of carbonyl (C=O) groups excluding carboxylic acids is 3. The summed E-state index contributed by atoms with van der Waals surface area (Å²) in [5.41, 5.74) is 1.47. The van der Waals surface area contributed by atoms with E-state index in [2.05, 4.69) is 15.7 Å². The molecule has 1 atom stereocenters. The third-order valence-corrected chi connectivity index (χ3v) is 5.22. The number of nitrogens with one attached hydrogen (secondary N) is 2. The number of rotatable bonds is 5. The Morgan fingerprint density at radius 3 is 2.52 bits per heavy atom. The van der Waals surface area contributed by atoms with Crippen molar-refractivity contribution in [1.29, 1.82) is 0 Å². The Morgan fingerprint density at radius 2 is 1.90 bits per heavy atom. The molecular formula is C21H27N5O3. The lowest BCUT2D eigenvalue weighted by atomic mass is 9.95. The molecule has 0 spiro atoms. The van der Waals surface area contributed by atoms with Gasteiger partial charge in [0.2, 0.25) is 5.91 Å². The smallest absolute Gasteiger partial charge is 0.272 e. The zero-order valence-corrected chi connectivity index (χ0v) is 17.4. The summed E-state index contributed by atoms with van der Waals surface area (Å²) >= 11 is 0. The van der Waals surface area contributed by atoms with E-state index in [1.807, 2.05) is 45.0 Å². The van der Waals surface area contributed by atoms with Crippen LogP contribution in [0.1, 0.15) is 52.9 Å². The van der Waals surface area contributed by atoms with Crippen molar-refractivity contribution < 1.29 is 14.4 Å². The van der Waals surface area contributed by atoms with Crippen molar-refractivity contribution >= 4 is 17.7 Å². The number of benzene rings is 1. The van der Waals surface area contributed by atoms with Crippen LogP contribution in [0.2, 0.25) is 0 Å². The lowest BCUT2D eigenvalue weighted by Crippen LogP contribution is -2.62. The van der Waals surface area contributed by atoms with E-state index in [0.29, 0.717) is 12.2 Å². The van der Waals surface area contributed by atoms with Crippen molar-refractivity contribution in [2.45, 2.75) is 52.4 Å². The second-order valence-corrected chi connectivity index (χ2v) is 8.01. The van der Waals surface area contributed by atoms with Gasteiger partial charge in [-0.1, -0.05) is 29.8 Å². The average molecular weight is 397 g/mol. The number of aromatic nitrogens is 2. The van der Waals surface area contributed by atoms with E-state index in [0.717, 1.165) is 11.1 Å². The van der Waals surface area contributed by atoms with Gasteiger partial charge in [0.05, 0.1) is 6.54 Å². The summed E-state index contributed by atoms with van der Waals surface area (Å²) in [5, 5.41) is 9.95. The van der Waals surface area contributed by atoms with Crippen molar-refractivity contribution in [3.05, 3.63) is 52.8 Å². The fourth-order valence-corrected chi connectivity index (χ4v) is 3.25. The topological polar surface area (TPSA) is 96.3 Å². The van der Waals surface area contributed by atoms with E-state index in [9.17, 15) is 14.4 Å². The van der Waals surface area contributed by atoms with Gasteiger partial charge < -0.3 is 15.5 Å². The van der Waals surface area contributed by atoms with Crippen LogP contribution in [0.15, 0.2) is 30.3 Å². The maximum atomic E-state index is 13.0. The molecule has 3 rings (SSSR count). The molecular weight excluding hydrogens is 370 g/mol. The molecule has 1 aliphatic heterocycles. The molecule has 1 aliphatic rings. The molecule has 8 heteroatoms. The first-order valence-electron chi connectivity index (χ1n) is 9.62. The fourth-order valence-electron chi connectivity index (χ4n) is 3.25. The van der Waals surface area contributed by atoms with Gasteiger partial charge in [-0.25, -0.2) is 0 Å². The largest absolute Gasteiger partial charge is 0.350 e. The molecule has 154 valence electrons. The Hall–Kier alpha value is -3.16. The van der Waals surface area contributed by atoms with E-state index in [-0.39, 0.29) is 36.0 Å². The standard InChI is InChI=1S/C21H27N5O3/c1-13(2)23-18(27)16-10-17-19(28)25(5)21(4,12-26(17)24-16)20(29)22-11-15-8-6-14(3)7-9-15/h6-10,13H,11-12H2,1-5H3,(H,22,29)(H,23,27)/t21-/m1/s1. The molecule has 2 heterocycles. The Morgan fingerprint density at radius 1 is 1.24 bits per heavy atom. The van der Waals surface area contributed by atoms with Gasteiger partial charge in [0.1, 0.15) is 11.2 Å². The van der Waals surface area contributed by atoms with Crippen LogP contribution < -0.4 is 10.6 Å². The van der Waals surface area contributed by atoms with Crippen LogP contribution in [0.4, 0.5) is 0 Å². The first-order chi connectivity index (χ1) is 13.6. The number of hydrogen-bond acceptors (Lipinski definition) is 4. The van der Waals surface area contributed by atoms with Crippen molar-refractivity contribution in [2.75, 3.05) is 7.05 Å². The van der Waals surface area contributed by atoms with Crippen LogP contribution in [0.5, 0.6) is 0 Å². The summed E-state index contributed by atoms with van der Waals surface area (Å²) in [4.78, 5) is 39.5. The molecule has 2 N–H and O–H groups in total. The lowest BCUT2D eigenvalue weighted by molar-refractivity contribution is -0.132. The normalized spacial score (nSPS) is 18.6. The van der Waals surface area contributed by atoms with Gasteiger partial charge in [-0.3, -0.25) is 19.1 Å². The van der Waals surface area contributed by atoms with E-state index in [1.54, 1.807) is 14.0 Å². The number of fused-ring (bicyclic) bond motifs is 1. The van der Waals surface area contributed by atoms with Crippen LogP contribution in [0.25, 0.3) is 0 Å². The molecule has 0 radical (unpaired) electrons. The zero-order valence-electron chi connectivity index (χ0n) is 17.4. The van der Waals surface area contributed by atoms with Gasteiger partial charge in [0.15, 0.2) is 5.69 Å². The van der Waals surface area contributed by atoms with Crippen molar-refractivity contribution in [2.24, 2.45) is 0 Å². The third kappa shape index (κ3) is 4.01. The molecule has 0 saturated heterocycles. The number of aryl methyl sites for hydroxylation is 1. The number of nitrogens with zero attached hydrogens (tertiary/aromatic N) is 3. The van der Waals surface area contributed by atoms with Crippen LogP contribution in [-0.4, -0.2) is 51.0 Å². The van der Waals surface area contributed by atoms with Gasteiger partial charge in [-0.2, -0.15) is 5.10 Å². The fraction of sp³-hybridized carbons (Fsp3) is 0.429. The quantitative estimate of drug-likeness (QED) is 0.799. The Labute approximate surface area is 170 Å². The Balaban J connectivity index is 1.79. The van der Waals surface area contributed by atoms with Crippen molar-refractivity contribution in [3.8, 4) is 0 Å². The molecule has 0 bridgehead atoms. The van der Waals surface area contributed by atoms with Crippen LogP contribution in [0.3, 0.4) is 0 Å². The second kappa shape index (κ2) is 7.69. The summed E-state index contributed by atoms with van der Waals surface area (Å²) < 4.78 is 1.45. The number of hydrogen-bond donors (Lipinski definition) is 2. The summed E-state index contributed by atoms with van der Waals surface area (Å²) in [7, 11) is 1.60. The SMILES string of the molecule is Cc1ccc(CNC(=O)[C@@]2(C)Cn3nc(C(=O)NC(C)C)cc3C(=O)N2C)cc1. The predicted molar refractivity (Wildman–Crippen MR) is 108 cm³/mol. The Bertz CT molecular complexity index is 948. The molecule has 0 fully saturated rings. The second-order valence-electron chi connectivity index (χ2n) is 8.01. The van der Waals surface area contributed by atoms with Crippen molar-refractivity contribution in [3.63, 3.8) is 0 Å². The number of carbonyl (C=O) groups is 3. The highest BCUT2D eigenvalue weighted by atomic mass is 16.2. The van der Waals surface area contributed by atoms with Crippen LogP contribution in [-0.2, 0) is 17.9 Å². The van der Waals surface area contributed by atoms with Gasteiger partial charge in [-0.05, 0) is 33.3 Å². The first kappa shape index (κ1) is 20.6. The number of likely N-dealkylation sites (N-methyl/N-ethyl adjacent to an activating group) is 1. The highest BCUT2D eigenvalue weighted by molar-refractivity contribution is 6.01. The first-order valence-corrected chi connectivity index (χ1v) is 9.62. The molecule has 8 nitrogen and oxygen atoms in total. The summed E-state index contributed by atoms with van der Waals surface area (Å²) in [6.07, 6.45) is 0. The Kier molecular flexibility index (Phi) is 5.46. The van der Waals surface area contributed by atoms with Crippen molar-refractivity contribution in [1.82, 2.24) is 25.3 Å². The molecule has 1 aromatic heterocycles. The summed E-state index contributed by atoms with van der Waals surface area (Å²) in [6.45, 7) is 7.94. The average Bonchev–Trinajstić information content (AvgIpc) is 3.09. The third-order valence-electron chi connectivity index (χ3n) is 5.22. The van der Waals surface area contributed by atoms with E-state index in [4.69, 9.17) is 0 Å². The van der Waals surface area contributed by atoms with Gasteiger partial charge in [0.25, 0.3) is 11.8 Å². The zero-order chi connectivity index (χ0) is 21.3. The molecule has 0 saturated carbocycles. The van der Waals surface area contributed by atoms with E-state index in [1.165, 1.54) is 15.6 Å². The van der Waals surface area contributed by atoms with Gasteiger partial charge in [0, 0.05) is 25.7 Å². The maximum absolute atomic E-state index is 13.0. The molecule has 29 heavy (non-hydrogen) atoms. The summed E-state index contributed by atoms with van der Waals surface area (Å²) in [6, 6.07) is 9.31. The summed E-state index contributed by atoms with van der Waals surface area (Å²) in [5.74, 6) is -0.966. The van der Waals surface area contributed by atoms with E-state index >= 15 is 0 Å². The minimum absolute atomic E-state index is 0.0441. The molecule has 1 aromatic carbocycles. The van der Waals surface area contributed by atoms with E-state index < -0.39 is 5.54 Å². The molecule has 3 amide bonds. The minimum Gasteiger partial charge on any atom is -0.350 e. The maximum Gasteiger partial charge on any atom is 0.272 e. The van der Waals surface area contributed by atoms with Crippen LogP contribution >= 0.6 is 0 Å². The van der Waals surface area contributed by atoms with Gasteiger partial charge in [-0.15, -0.1) is 0 Å². The monoisotopic (exact) mass is 397 g/mol. The molecule has 0 aliphatic carbocycles. The number of amides is 3. The lowest BCUT2D eigenvalue weighted by Gasteiger charge is -2.40. The minimum atomic E-state index is -1.12. The molecule has 2 aromatic rings. The highest BCUT2D eigenvalue weighted by Crippen LogP contribution is 2.26. The van der Waals surface area contributed by atoms with Crippen LogP contribution in [0, 0.1) is 6.92 Å². The molecule has 0 unspecified atom stereocenters. The van der Waals surface area contributed by atoms with Gasteiger partial charge >= 0.3 is 0 Å². The highest BCUT2D eigenvalue weighted by Gasteiger charge is 2.46.